The Kier molecular flexibility index (Phi) is 8.37. The van der Waals surface area contributed by atoms with E-state index in [1.165, 1.54) is 24.7 Å². The summed E-state index contributed by atoms with van der Waals surface area (Å²) in [5.74, 6) is -0.826. The van der Waals surface area contributed by atoms with Gasteiger partial charge in [-0.15, -0.1) is 0 Å². The second-order valence-electron chi connectivity index (χ2n) is 10.7. The Morgan fingerprint density at radius 3 is 1.87 bits per heavy atom. The van der Waals surface area contributed by atoms with Crippen LogP contribution in [0, 0.1) is 0 Å². The molecular formula is C33H32N6O6. The monoisotopic (exact) mass is 608 g/mol. The fraction of sp³-hybridized carbons (Fsp3) is 0.242. The number of carbonyl (C=O) groups excluding carboxylic acids is 2. The van der Waals surface area contributed by atoms with Gasteiger partial charge in [0.2, 0.25) is 17.8 Å². The minimum absolute atomic E-state index is 0.0706. The van der Waals surface area contributed by atoms with Gasteiger partial charge < -0.3 is 25.0 Å². The number of nitrogens with one attached hydrogen (secondary N) is 2. The Morgan fingerprint density at radius 2 is 1.36 bits per heavy atom. The normalized spacial score (nSPS) is 19.8. The van der Waals surface area contributed by atoms with E-state index >= 15 is 0 Å². The van der Waals surface area contributed by atoms with Gasteiger partial charge in [-0.25, -0.2) is 4.98 Å². The topological polar surface area (TPSA) is 161 Å². The fourth-order valence-electron chi connectivity index (χ4n) is 5.64. The summed E-state index contributed by atoms with van der Waals surface area (Å²) in [5, 5.41) is 27.5. The molecule has 4 N–H and O–H groups in total. The highest BCUT2D eigenvalue weighted by molar-refractivity contribution is 5.97. The van der Waals surface area contributed by atoms with Crippen LogP contribution in [0.3, 0.4) is 0 Å². The quantitative estimate of drug-likeness (QED) is 0.184. The number of imidazole rings is 1. The molecule has 1 aliphatic rings. The number of benzene rings is 3. The third kappa shape index (κ3) is 5.79. The molecule has 0 saturated carbocycles. The summed E-state index contributed by atoms with van der Waals surface area (Å²) in [7, 11) is 0. The molecule has 1 fully saturated rings. The summed E-state index contributed by atoms with van der Waals surface area (Å²) in [6.07, 6.45) is -3.43. The summed E-state index contributed by atoms with van der Waals surface area (Å²) < 4.78 is 14.5. The van der Waals surface area contributed by atoms with Crippen LogP contribution in [0.5, 0.6) is 0 Å². The van der Waals surface area contributed by atoms with Gasteiger partial charge in [-0.1, -0.05) is 91.0 Å². The van der Waals surface area contributed by atoms with Crippen molar-refractivity contribution in [3.63, 3.8) is 0 Å². The van der Waals surface area contributed by atoms with Crippen LogP contribution in [0.25, 0.3) is 11.2 Å². The molecule has 45 heavy (non-hydrogen) atoms. The maximum Gasteiger partial charge on any atom is 0.233 e. The van der Waals surface area contributed by atoms with Gasteiger partial charge in [0.15, 0.2) is 23.2 Å². The molecule has 2 amide bonds. The molecule has 3 aromatic carbocycles. The number of fused-ring (bicyclic) bond motifs is 1. The standard InChI is InChI=1S/C33H32N6O6/c1-20(40)35-29-26-30(38-32(37-29)36-21(2)41)39(19-34-26)31-28(43)27(42)25(45-31)18-44-33(22-12-6-3-7-13-22,23-14-8-4-9-15-23)24-16-10-5-11-17-24/h3-17,19,25,27-28,31,42-43H,18H2,1-2H3,(H2,35,36,37,38,40,41)/t25-,27-,28-,31-/m1/s1. The lowest BCUT2D eigenvalue weighted by molar-refractivity contribution is -0.115. The molecule has 2 aromatic heterocycles. The Hall–Kier alpha value is -5.01. The predicted molar refractivity (Wildman–Crippen MR) is 165 cm³/mol. The predicted octanol–water partition coefficient (Wildman–Crippen LogP) is 3.37. The van der Waals surface area contributed by atoms with Crippen LogP contribution < -0.4 is 10.6 Å². The molecule has 3 heterocycles. The lowest BCUT2D eigenvalue weighted by Gasteiger charge is -2.37. The van der Waals surface area contributed by atoms with E-state index in [2.05, 4.69) is 25.6 Å². The summed E-state index contributed by atoms with van der Waals surface area (Å²) in [6.45, 7) is 2.52. The SMILES string of the molecule is CC(=O)Nc1nc(NC(C)=O)c2ncn([C@@H]3O[C@H](COC(c4ccccc4)(c4ccccc4)c4ccccc4)[C@@H](O)[C@H]3O)c2n1. The first-order chi connectivity index (χ1) is 21.8. The lowest BCUT2D eigenvalue weighted by Crippen LogP contribution is -2.39. The number of anilines is 2. The Labute approximate surface area is 258 Å². The van der Waals surface area contributed by atoms with Crippen molar-refractivity contribution in [3.05, 3.63) is 114 Å². The van der Waals surface area contributed by atoms with E-state index in [1.54, 1.807) is 0 Å². The summed E-state index contributed by atoms with van der Waals surface area (Å²) in [5.41, 5.74) is 1.94. The number of amides is 2. The van der Waals surface area contributed by atoms with Crippen LogP contribution in [-0.4, -0.2) is 66.5 Å². The van der Waals surface area contributed by atoms with Crippen LogP contribution in [0.1, 0.15) is 36.8 Å². The first-order valence-electron chi connectivity index (χ1n) is 14.4. The minimum atomic E-state index is -1.39. The van der Waals surface area contributed by atoms with E-state index in [4.69, 9.17) is 9.47 Å². The molecule has 4 atom stereocenters. The molecule has 230 valence electrons. The van der Waals surface area contributed by atoms with Crippen molar-refractivity contribution >= 4 is 34.7 Å². The maximum atomic E-state index is 11.8. The van der Waals surface area contributed by atoms with E-state index in [0.717, 1.165) is 16.7 Å². The van der Waals surface area contributed by atoms with Gasteiger partial charge in [0.1, 0.15) is 23.9 Å². The van der Waals surface area contributed by atoms with Crippen molar-refractivity contribution in [2.75, 3.05) is 17.2 Å². The zero-order valence-electron chi connectivity index (χ0n) is 24.6. The number of hydrogen-bond donors (Lipinski definition) is 4. The molecule has 0 aliphatic carbocycles. The Balaban J connectivity index is 1.36. The minimum Gasteiger partial charge on any atom is -0.387 e. The number of nitrogens with zero attached hydrogens (tertiary/aromatic N) is 4. The molecule has 6 rings (SSSR count). The zero-order chi connectivity index (χ0) is 31.6. The summed E-state index contributed by atoms with van der Waals surface area (Å²) in [6, 6.07) is 29.4. The van der Waals surface area contributed by atoms with Crippen molar-refractivity contribution in [2.45, 2.75) is 44.0 Å². The average molecular weight is 609 g/mol. The molecule has 1 aliphatic heterocycles. The smallest absolute Gasteiger partial charge is 0.233 e. The van der Waals surface area contributed by atoms with E-state index < -0.39 is 42.0 Å². The molecule has 0 radical (unpaired) electrons. The second-order valence-corrected chi connectivity index (χ2v) is 10.7. The number of aliphatic hydroxyl groups is 2. The van der Waals surface area contributed by atoms with Gasteiger partial charge in [-0.3, -0.25) is 19.5 Å². The molecule has 12 nitrogen and oxygen atoms in total. The van der Waals surface area contributed by atoms with E-state index in [0.29, 0.717) is 0 Å². The molecule has 0 spiro atoms. The van der Waals surface area contributed by atoms with Crippen LogP contribution >= 0.6 is 0 Å². The second kappa shape index (κ2) is 12.5. The van der Waals surface area contributed by atoms with Crippen molar-refractivity contribution in [3.8, 4) is 0 Å². The molecule has 5 aromatic rings. The lowest BCUT2D eigenvalue weighted by atomic mass is 9.80. The van der Waals surface area contributed by atoms with E-state index in [-0.39, 0.29) is 29.5 Å². The van der Waals surface area contributed by atoms with Gasteiger partial charge in [0.05, 0.1) is 12.9 Å². The van der Waals surface area contributed by atoms with Gasteiger partial charge in [0.25, 0.3) is 0 Å². The number of hydrogen-bond acceptors (Lipinski definition) is 9. The zero-order valence-corrected chi connectivity index (χ0v) is 24.6. The van der Waals surface area contributed by atoms with Crippen LogP contribution in [0.2, 0.25) is 0 Å². The maximum absolute atomic E-state index is 11.8. The van der Waals surface area contributed by atoms with E-state index in [9.17, 15) is 19.8 Å². The van der Waals surface area contributed by atoms with Gasteiger partial charge in [0, 0.05) is 13.8 Å². The average Bonchev–Trinajstić information content (AvgIpc) is 3.58. The van der Waals surface area contributed by atoms with Crippen molar-refractivity contribution in [1.29, 1.82) is 0 Å². The number of carbonyl (C=O) groups is 2. The number of aromatic nitrogens is 4. The molecule has 12 heteroatoms. The van der Waals surface area contributed by atoms with Crippen LogP contribution in [0.4, 0.5) is 11.8 Å². The van der Waals surface area contributed by atoms with Crippen molar-refractivity contribution in [1.82, 2.24) is 19.5 Å². The first kappa shape index (κ1) is 30.0. The number of rotatable bonds is 9. The number of aliphatic hydroxyl groups excluding tert-OH is 2. The molecule has 0 bridgehead atoms. The van der Waals surface area contributed by atoms with Crippen LogP contribution in [0.15, 0.2) is 97.3 Å². The fourth-order valence-corrected chi connectivity index (χ4v) is 5.64. The molecule has 1 saturated heterocycles. The Bertz CT molecular complexity index is 1700. The van der Waals surface area contributed by atoms with Gasteiger partial charge in [-0.05, 0) is 16.7 Å². The Morgan fingerprint density at radius 1 is 0.822 bits per heavy atom. The van der Waals surface area contributed by atoms with E-state index in [1.807, 2.05) is 91.0 Å². The van der Waals surface area contributed by atoms with Crippen LogP contribution in [-0.2, 0) is 24.7 Å². The first-order valence-corrected chi connectivity index (χ1v) is 14.4. The van der Waals surface area contributed by atoms with Crippen molar-refractivity contribution in [2.24, 2.45) is 0 Å². The van der Waals surface area contributed by atoms with Gasteiger partial charge in [-0.2, -0.15) is 9.97 Å². The number of ether oxygens (including phenoxy) is 2. The highest BCUT2D eigenvalue weighted by atomic mass is 16.6. The van der Waals surface area contributed by atoms with Gasteiger partial charge >= 0.3 is 0 Å². The highest BCUT2D eigenvalue weighted by Crippen LogP contribution is 2.42. The molecular weight excluding hydrogens is 576 g/mol. The summed E-state index contributed by atoms with van der Waals surface area (Å²) in [4.78, 5) is 36.5. The highest BCUT2D eigenvalue weighted by Gasteiger charge is 2.47. The third-order valence-electron chi connectivity index (χ3n) is 7.62. The van der Waals surface area contributed by atoms with Crippen molar-refractivity contribution < 1.29 is 29.3 Å². The summed E-state index contributed by atoms with van der Waals surface area (Å²) >= 11 is 0. The third-order valence-corrected chi connectivity index (χ3v) is 7.62. The largest absolute Gasteiger partial charge is 0.387 e. The molecule has 0 unspecified atom stereocenters.